The molecule has 3 atom stereocenters. The average Bonchev–Trinajstić information content (AvgIpc) is 2.49. The van der Waals surface area contributed by atoms with Gasteiger partial charge >= 0.3 is 0 Å². The Morgan fingerprint density at radius 3 is 2.32 bits per heavy atom. The van der Waals surface area contributed by atoms with Gasteiger partial charge in [0.25, 0.3) is 0 Å². The molecular formula is C20H38N2. The number of amidine groups is 1. The summed E-state index contributed by atoms with van der Waals surface area (Å²) in [7, 11) is 1.79. The third-order valence-corrected chi connectivity index (χ3v) is 5.03. The second kappa shape index (κ2) is 10.7. The molecule has 0 aliphatic rings. The van der Waals surface area contributed by atoms with Crippen LogP contribution < -0.4 is 0 Å². The molecular weight excluding hydrogens is 268 g/mol. The summed E-state index contributed by atoms with van der Waals surface area (Å²) in [5.41, 5.74) is 1.67. The Bertz CT molecular complexity index is 393. The maximum absolute atomic E-state index is 4.51. The minimum absolute atomic E-state index is 0.137. The van der Waals surface area contributed by atoms with Crippen molar-refractivity contribution in [3.05, 3.63) is 11.6 Å². The van der Waals surface area contributed by atoms with Crippen LogP contribution in [0.25, 0.3) is 0 Å². The minimum atomic E-state index is 0.137. The van der Waals surface area contributed by atoms with Gasteiger partial charge in [0, 0.05) is 18.7 Å². The lowest BCUT2D eigenvalue weighted by molar-refractivity contribution is 0.304. The molecule has 0 rings (SSSR count). The van der Waals surface area contributed by atoms with Crippen molar-refractivity contribution in [1.29, 1.82) is 0 Å². The van der Waals surface area contributed by atoms with Gasteiger partial charge in [-0.15, -0.1) is 0 Å². The Morgan fingerprint density at radius 1 is 1.18 bits per heavy atom. The Kier molecular flexibility index (Phi) is 10.3. The van der Waals surface area contributed by atoms with Gasteiger partial charge in [0.15, 0.2) is 0 Å². The van der Waals surface area contributed by atoms with Gasteiger partial charge in [-0.1, -0.05) is 59.1 Å². The van der Waals surface area contributed by atoms with Crippen LogP contribution >= 0.6 is 0 Å². The molecule has 0 N–H and O–H groups in total. The molecule has 0 aromatic rings. The second-order valence-corrected chi connectivity index (χ2v) is 7.17. The SMILES string of the molecule is CCCC(C)C/C(C)=C/CC(C)C(C)(C=NC(C)=NC)CC. The van der Waals surface area contributed by atoms with E-state index in [4.69, 9.17) is 0 Å². The summed E-state index contributed by atoms with van der Waals surface area (Å²) in [6.07, 6.45) is 10.6. The van der Waals surface area contributed by atoms with Crippen molar-refractivity contribution in [2.24, 2.45) is 27.2 Å². The first kappa shape index (κ1) is 21.1. The van der Waals surface area contributed by atoms with E-state index in [9.17, 15) is 0 Å². The van der Waals surface area contributed by atoms with Gasteiger partial charge in [-0.25, -0.2) is 4.99 Å². The number of hydrogen-bond acceptors (Lipinski definition) is 1. The van der Waals surface area contributed by atoms with Crippen LogP contribution in [0.4, 0.5) is 0 Å². The third-order valence-electron chi connectivity index (χ3n) is 5.03. The molecule has 0 aromatic heterocycles. The van der Waals surface area contributed by atoms with Crippen LogP contribution in [0, 0.1) is 17.3 Å². The van der Waals surface area contributed by atoms with E-state index in [0.717, 1.165) is 24.6 Å². The number of allylic oxidation sites excluding steroid dienone is 2. The van der Waals surface area contributed by atoms with Crippen LogP contribution in [0.3, 0.4) is 0 Å². The first-order valence-electron chi connectivity index (χ1n) is 8.93. The molecule has 22 heavy (non-hydrogen) atoms. The quantitative estimate of drug-likeness (QED) is 0.270. The fraction of sp³-hybridized carbons (Fsp3) is 0.800. The summed E-state index contributed by atoms with van der Waals surface area (Å²) >= 11 is 0. The van der Waals surface area contributed by atoms with Crippen molar-refractivity contribution in [2.75, 3.05) is 7.05 Å². The van der Waals surface area contributed by atoms with Gasteiger partial charge in [0.1, 0.15) is 5.84 Å². The molecule has 3 unspecified atom stereocenters. The molecule has 0 radical (unpaired) electrons. The van der Waals surface area contributed by atoms with E-state index in [-0.39, 0.29) is 5.41 Å². The fourth-order valence-corrected chi connectivity index (χ4v) is 2.74. The molecule has 0 heterocycles. The lowest BCUT2D eigenvalue weighted by Crippen LogP contribution is -2.26. The van der Waals surface area contributed by atoms with Crippen LogP contribution in [0.5, 0.6) is 0 Å². The minimum Gasteiger partial charge on any atom is -0.274 e. The second-order valence-electron chi connectivity index (χ2n) is 7.17. The highest BCUT2D eigenvalue weighted by Crippen LogP contribution is 2.32. The van der Waals surface area contributed by atoms with Crippen molar-refractivity contribution in [1.82, 2.24) is 0 Å². The number of hydrogen-bond donors (Lipinski definition) is 0. The molecule has 0 spiro atoms. The first-order chi connectivity index (χ1) is 10.3. The summed E-state index contributed by atoms with van der Waals surface area (Å²) in [6, 6.07) is 0. The van der Waals surface area contributed by atoms with Crippen LogP contribution in [-0.2, 0) is 0 Å². The Labute approximate surface area is 139 Å². The summed E-state index contributed by atoms with van der Waals surface area (Å²) in [5, 5.41) is 0. The van der Waals surface area contributed by atoms with Gasteiger partial charge in [-0.2, -0.15) is 0 Å². The zero-order chi connectivity index (χ0) is 17.2. The van der Waals surface area contributed by atoms with Crippen molar-refractivity contribution in [3.63, 3.8) is 0 Å². The standard InChI is InChI=1S/C20H38N2/c1-9-11-16(3)14-17(4)12-13-18(5)20(7,10-2)15-22-19(6)21-8/h12,15-16,18H,9-11,13-14H2,1-8H3/b17-12+,21-19?,22-15?. The maximum Gasteiger partial charge on any atom is 0.119 e. The van der Waals surface area contributed by atoms with Crippen molar-refractivity contribution >= 4 is 12.1 Å². The molecule has 2 nitrogen and oxygen atoms in total. The molecule has 2 heteroatoms. The van der Waals surface area contributed by atoms with Crippen LogP contribution in [-0.4, -0.2) is 19.1 Å². The first-order valence-corrected chi connectivity index (χ1v) is 8.93. The highest BCUT2D eigenvalue weighted by atomic mass is 14.9. The Morgan fingerprint density at radius 2 is 1.82 bits per heavy atom. The van der Waals surface area contributed by atoms with E-state index in [2.05, 4.69) is 63.8 Å². The third kappa shape index (κ3) is 7.91. The predicted octanol–water partition coefficient (Wildman–Crippen LogP) is 6.32. The van der Waals surface area contributed by atoms with Crippen LogP contribution in [0.1, 0.15) is 80.6 Å². The number of nitrogens with zero attached hydrogens (tertiary/aromatic N) is 2. The molecule has 0 fully saturated rings. The van der Waals surface area contributed by atoms with E-state index in [0.29, 0.717) is 5.92 Å². The molecule has 0 bridgehead atoms. The molecule has 0 aliphatic heterocycles. The van der Waals surface area contributed by atoms with E-state index in [1.807, 2.05) is 6.92 Å². The largest absolute Gasteiger partial charge is 0.274 e. The fourth-order valence-electron chi connectivity index (χ4n) is 2.74. The topological polar surface area (TPSA) is 24.7 Å². The Balaban J connectivity index is 4.71. The van der Waals surface area contributed by atoms with Gasteiger partial charge in [-0.05, 0) is 44.9 Å². The normalized spacial score (nSPS) is 19.3. The molecule has 0 aromatic carbocycles. The van der Waals surface area contributed by atoms with E-state index >= 15 is 0 Å². The van der Waals surface area contributed by atoms with Gasteiger partial charge in [0.05, 0.1) is 0 Å². The van der Waals surface area contributed by atoms with Gasteiger partial charge in [-0.3, -0.25) is 4.99 Å². The van der Waals surface area contributed by atoms with E-state index < -0.39 is 0 Å². The highest BCUT2D eigenvalue weighted by molar-refractivity contribution is 5.88. The van der Waals surface area contributed by atoms with Crippen molar-refractivity contribution in [2.45, 2.75) is 80.6 Å². The summed E-state index contributed by atoms with van der Waals surface area (Å²) < 4.78 is 0. The summed E-state index contributed by atoms with van der Waals surface area (Å²) in [5.74, 6) is 2.24. The zero-order valence-electron chi connectivity index (χ0n) is 16.2. The molecule has 0 aliphatic carbocycles. The molecule has 128 valence electrons. The number of aliphatic imine (C=N–C) groups is 2. The Hall–Kier alpha value is -0.920. The molecule has 0 saturated carbocycles. The molecule has 0 amide bonds. The van der Waals surface area contributed by atoms with Crippen LogP contribution in [0.15, 0.2) is 21.6 Å². The van der Waals surface area contributed by atoms with E-state index in [1.54, 1.807) is 7.05 Å². The van der Waals surface area contributed by atoms with Crippen molar-refractivity contribution < 1.29 is 0 Å². The van der Waals surface area contributed by atoms with E-state index in [1.165, 1.54) is 24.8 Å². The van der Waals surface area contributed by atoms with Gasteiger partial charge in [0.2, 0.25) is 0 Å². The van der Waals surface area contributed by atoms with Crippen molar-refractivity contribution in [3.8, 4) is 0 Å². The monoisotopic (exact) mass is 306 g/mol. The summed E-state index contributed by atoms with van der Waals surface area (Å²) in [4.78, 5) is 8.63. The lowest BCUT2D eigenvalue weighted by Gasteiger charge is -2.30. The highest BCUT2D eigenvalue weighted by Gasteiger charge is 2.26. The van der Waals surface area contributed by atoms with Gasteiger partial charge < -0.3 is 0 Å². The zero-order valence-corrected chi connectivity index (χ0v) is 16.2. The summed E-state index contributed by atoms with van der Waals surface area (Å²) in [6.45, 7) is 15.8. The van der Waals surface area contributed by atoms with Crippen LogP contribution in [0.2, 0.25) is 0 Å². The molecule has 0 saturated heterocycles. The lowest BCUT2D eigenvalue weighted by atomic mass is 9.75. The maximum atomic E-state index is 4.51. The average molecular weight is 307 g/mol. The smallest absolute Gasteiger partial charge is 0.119 e. The number of rotatable bonds is 9. The predicted molar refractivity (Wildman–Crippen MR) is 102 cm³/mol.